The zero-order chi connectivity index (χ0) is 21.7. The Labute approximate surface area is 183 Å². The van der Waals surface area contributed by atoms with Gasteiger partial charge >= 0.3 is 0 Å². The number of amides is 2. The van der Waals surface area contributed by atoms with E-state index in [-0.39, 0.29) is 18.4 Å². The Balaban J connectivity index is 1.56. The Hall–Kier alpha value is -2.70. The number of carbonyl (C=O) groups is 2. The maximum absolute atomic E-state index is 13.6. The number of likely N-dealkylation sites (tertiary alicyclic amines) is 1. The fourth-order valence-electron chi connectivity index (χ4n) is 4.63. The molecule has 2 aliphatic rings. The van der Waals surface area contributed by atoms with Crippen LogP contribution < -0.4 is 0 Å². The molecule has 0 N–H and O–H groups in total. The van der Waals surface area contributed by atoms with Gasteiger partial charge in [0, 0.05) is 33.3 Å². The predicted molar refractivity (Wildman–Crippen MR) is 118 cm³/mol. The molecule has 2 saturated heterocycles. The topological polar surface area (TPSA) is 59.1 Å². The van der Waals surface area contributed by atoms with Crippen molar-refractivity contribution in [1.29, 1.82) is 0 Å². The van der Waals surface area contributed by atoms with Crippen LogP contribution in [0.15, 0.2) is 54.6 Å². The highest BCUT2D eigenvalue weighted by Crippen LogP contribution is 2.37. The lowest BCUT2D eigenvalue weighted by Gasteiger charge is -2.36. The van der Waals surface area contributed by atoms with Crippen LogP contribution in [-0.4, -0.2) is 74.7 Å². The van der Waals surface area contributed by atoms with Gasteiger partial charge in [0.25, 0.3) is 0 Å². The summed E-state index contributed by atoms with van der Waals surface area (Å²) in [4.78, 5) is 29.8. The third-order valence-corrected chi connectivity index (χ3v) is 6.33. The second-order valence-corrected chi connectivity index (χ2v) is 8.42. The molecule has 164 valence electrons. The molecule has 0 radical (unpaired) electrons. The van der Waals surface area contributed by atoms with Gasteiger partial charge in [-0.15, -0.1) is 0 Å². The van der Waals surface area contributed by atoms with E-state index in [0.29, 0.717) is 52.2 Å². The van der Waals surface area contributed by atoms with Crippen LogP contribution in [0.25, 0.3) is 11.1 Å². The van der Waals surface area contributed by atoms with Gasteiger partial charge in [0.1, 0.15) is 6.61 Å². The molecule has 0 aliphatic carbocycles. The fourth-order valence-corrected chi connectivity index (χ4v) is 4.63. The zero-order valence-electron chi connectivity index (χ0n) is 18.1. The second-order valence-electron chi connectivity index (χ2n) is 8.42. The van der Waals surface area contributed by atoms with Gasteiger partial charge in [0.15, 0.2) is 0 Å². The molecule has 0 aromatic heterocycles. The molecular formula is C25H30N2O4. The fraction of sp³-hybridized carbons (Fsp3) is 0.440. The molecule has 2 fully saturated rings. The summed E-state index contributed by atoms with van der Waals surface area (Å²) >= 11 is 0. The van der Waals surface area contributed by atoms with E-state index in [4.69, 9.17) is 9.47 Å². The van der Waals surface area contributed by atoms with E-state index in [9.17, 15) is 9.59 Å². The molecule has 6 nitrogen and oxygen atoms in total. The van der Waals surface area contributed by atoms with Crippen LogP contribution in [0.5, 0.6) is 0 Å². The number of rotatable bonds is 6. The molecule has 31 heavy (non-hydrogen) atoms. The van der Waals surface area contributed by atoms with Gasteiger partial charge in [-0.25, -0.2) is 0 Å². The van der Waals surface area contributed by atoms with Crippen molar-refractivity contribution in [3.05, 3.63) is 60.2 Å². The van der Waals surface area contributed by atoms with Crippen LogP contribution in [0.3, 0.4) is 0 Å². The molecule has 0 spiro atoms. The van der Waals surface area contributed by atoms with Gasteiger partial charge in [-0.3, -0.25) is 9.59 Å². The van der Waals surface area contributed by atoms with Crippen molar-refractivity contribution in [3.8, 4) is 11.1 Å². The molecule has 0 bridgehead atoms. The van der Waals surface area contributed by atoms with E-state index in [1.54, 1.807) is 4.90 Å². The molecule has 2 amide bonds. The first-order valence-electron chi connectivity index (χ1n) is 10.9. The Bertz CT molecular complexity index is 893. The van der Waals surface area contributed by atoms with Crippen LogP contribution in [0.4, 0.5) is 0 Å². The minimum Gasteiger partial charge on any atom is -0.378 e. The van der Waals surface area contributed by atoms with Gasteiger partial charge in [-0.05, 0) is 29.5 Å². The van der Waals surface area contributed by atoms with E-state index in [2.05, 4.69) is 36.4 Å². The van der Waals surface area contributed by atoms with E-state index >= 15 is 0 Å². The number of nitrogens with zero attached hydrogens (tertiary/aromatic N) is 2. The smallest absolute Gasteiger partial charge is 0.248 e. The summed E-state index contributed by atoms with van der Waals surface area (Å²) < 4.78 is 10.5. The highest BCUT2D eigenvalue weighted by molar-refractivity contribution is 5.86. The van der Waals surface area contributed by atoms with Crippen LogP contribution >= 0.6 is 0 Å². The summed E-state index contributed by atoms with van der Waals surface area (Å²) in [5.41, 5.74) is 2.84. The van der Waals surface area contributed by atoms with Crippen LogP contribution in [0.1, 0.15) is 12.0 Å². The summed E-state index contributed by atoms with van der Waals surface area (Å²) in [6.07, 6.45) is 1.29. The zero-order valence-corrected chi connectivity index (χ0v) is 18.1. The number of morpholine rings is 1. The molecule has 1 atom stereocenters. The van der Waals surface area contributed by atoms with Crippen molar-refractivity contribution < 1.29 is 19.1 Å². The van der Waals surface area contributed by atoms with Gasteiger partial charge in [-0.1, -0.05) is 54.6 Å². The molecule has 0 unspecified atom stereocenters. The summed E-state index contributed by atoms with van der Waals surface area (Å²) in [6.45, 7) is 3.43. The third kappa shape index (κ3) is 4.81. The lowest BCUT2D eigenvalue weighted by molar-refractivity contribution is -0.146. The van der Waals surface area contributed by atoms with E-state index in [0.717, 1.165) is 11.1 Å². The maximum atomic E-state index is 13.6. The van der Waals surface area contributed by atoms with Gasteiger partial charge in [0.2, 0.25) is 11.8 Å². The molecule has 2 aromatic carbocycles. The van der Waals surface area contributed by atoms with E-state index < -0.39 is 5.41 Å². The van der Waals surface area contributed by atoms with Crippen LogP contribution in [0, 0.1) is 5.41 Å². The number of ether oxygens (including phenoxy) is 2. The molecule has 2 aromatic rings. The summed E-state index contributed by atoms with van der Waals surface area (Å²) in [7, 11) is 1.52. The third-order valence-electron chi connectivity index (χ3n) is 6.33. The van der Waals surface area contributed by atoms with Crippen molar-refractivity contribution in [2.75, 3.05) is 53.1 Å². The first kappa shape index (κ1) is 21.5. The highest BCUT2D eigenvalue weighted by Gasteiger charge is 2.47. The average Bonchev–Trinajstić information content (AvgIpc) is 3.26. The number of hydrogen-bond donors (Lipinski definition) is 0. The summed E-state index contributed by atoms with van der Waals surface area (Å²) in [5.74, 6) is 0.0780. The monoisotopic (exact) mass is 422 g/mol. The quantitative estimate of drug-likeness (QED) is 0.718. The van der Waals surface area contributed by atoms with Crippen molar-refractivity contribution >= 4 is 11.8 Å². The molecule has 0 saturated carbocycles. The van der Waals surface area contributed by atoms with E-state index in [1.807, 2.05) is 23.1 Å². The van der Waals surface area contributed by atoms with Crippen molar-refractivity contribution in [2.24, 2.45) is 5.41 Å². The minimum absolute atomic E-state index is 0.0492. The molecule has 2 heterocycles. The largest absolute Gasteiger partial charge is 0.378 e. The van der Waals surface area contributed by atoms with Crippen LogP contribution in [-0.2, 0) is 25.5 Å². The Kier molecular flexibility index (Phi) is 6.68. The molecular weight excluding hydrogens is 392 g/mol. The molecule has 2 aliphatic heterocycles. The second kappa shape index (κ2) is 9.62. The summed E-state index contributed by atoms with van der Waals surface area (Å²) in [6, 6.07) is 18.7. The van der Waals surface area contributed by atoms with Gasteiger partial charge in [0.05, 0.1) is 18.6 Å². The Morgan fingerprint density at radius 3 is 2.29 bits per heavy atom. The lowest BCUT2D eigenvalue weighted by Crippen LogP contribution is -2.51. The molecule has 6 heteroatoms. The Morgan fingerprint density at radius 1 is 0.935 bits per heavy atom. The highest BCUT2D eigenvalue weighted by atomic mass is 16.5. The first-order chi connectivity index (χ1) is 15.1. The number of methoxy groups -OCH3 is 1. The number of carbonyl (C=O) groups excluding carboxylic acids is 2. The number of hydrogen-bond acceptors (Lipinski definition) is 4. The standard InChI is InChI=1S/C25H30N2O4/c1-30-18-23(28)27-12-11-25(19-27,24(29)26-13-15-31-16-14-26)17-20-7-9-22(10-8-20)21-5-3-2-4-6-21/h2-10H,11-19H2,1H3/t25-/m1/s1. The van der Waals surface area contributed by atoms with Crippen molar-refractivity contribution in [2.45, 2.75) is 12.8 Å². The molecule has 4 rings (SSSR count). The SMILES string of the molecule is COCC(=O)N1CC[C@](Cc2ccc(-c3ccccc3)cc2)(C(=O)N2CCOCC2)C1. The van der Waals surface area contributed by atoms with Gasteiger partial charge in [-0.2, -0.15) is 0 Å². The predicted octanol–water partition coefficient (Wildman–Crippen LogP) is 2.62. The lowest BCUT2D eigenvalue weighted by atomic mass is 9.79. The Morgan fingerprint density at radius 2 is 1.61 bits per heavy atom. The summed E-state index contributed by atoms with van der Waals surface area (Å²) in [5, 5.41) is 0. The van der Waals surface area contributed by atoms with Gasteiger partial charge < -0.3 is 19.3 Å². The van der Waals surface area contributed by atoms with Crippen LogP contribution in [0.2, 0.25) is 0 Å². The van der Waals surface area contributed by atoms with Crippen molar-refractivity contribution in [3.63, 3.8) is 0 Å². The maximum Gasteiger partial charge on any atom is 0.248 e. The van der Waals surface area contributed by atoms with Crippen molar-refractivity contribution in [1.82, 2.24) is 9.80 Å². The average molecular weight is 423 g/mol. The first-order valence-corrected chi connectivity index (χ1v) is 10.9. The number of benzene rings is 2. The normalized spacial score (nSPS) is 21.3. The van der Waals surface area contributed by atoms with E-state index in [1.165, 1.54) is 12.7 Å². The minimum atomic E-state index is -0.602.